The van der Waals surface area contributed by atoms with Gasteiger partial charge in [0.2, 0.25) is 0 Å². The highest BCUT2D eigenvalue weighted by molar-refractivity contribution is 5.37. The Labute approximate surface area is 80.4 Å². The fraction of sp³-hybridized carbons (Fsp3) is 0.500. The van der Waals surface area contributed by atoms with Crippen molar-refractivity contribution in [1.82, 2.24) is 0 Å². The quantitative estimate of drug-likeness (QED) is 0.738. The zero-order valence-corrected chi connectivity index (χ0v) is 8.89. The third-order valence-electron chi connectivity index (χ3n) is 2.49. The van der Waals surface area contributed by atoms with Gasteiger partial charge in [0, 0.05) is 0 Å². The zero-order chi connectivity index (χ0) is 10.1. The van der Waals surface area contributed by atoms with Crippen molar-refractivity contribution in [2.24, 2.45) is 0 Å². The Morgan fingerprint density at radius 2 is 1.92 bits per heavy atom. The standard InChI is InChI=1S/C12H18O/c1-5-10-7-6-8-11(9(10)2)12(3,4)13/h6-8,13H,5H2,1-4H3. The molecule has 1 nitrogen and oxygen atoms in total. The van der Waals surface area contributed by atoms with Crippen LogP contribution in [0.2, 0.25) is 0 Å². The maximum Gasteiger partial charge on any atom is 0.0843 e. The van der Waals surface area contributed by atoms with Crippen LogP contribution >= 0.6 is 0 Å². The van der Waals surface area contributed by atoms with Crippen LogP contribution in [0.4, 0.5) is 0 Å². The molecule has 0 aliphatic carbocycles. The van der Waals surface area contributed by atoms with Crippen molar-refractivity contribution in [1.29, 1.82) is 0 Å². The summed E-state index contributed by atoms with van der Waals surface area (Å²) in [5.74, 6) is 0. The summed E-state index contributed by atoms with van der Waals surface area (Å²) in [4.78, 5) is 0. The Morgan fingerprint density at radius 1 is 1.31 bits per heavy atom. The molecule has 0 radical (unpaired) electrons. The largest absolute Gasteiger partial charge is 0.386 e. The summed E-state index contributed by atoms with van der Waals surface area (Å²) in [5.41, 5.74) is 2.85. The summed E-state index contributed by atoms with van der Waals surface area (Å²) in [5, 5.41) is 9.89. The highest BCUT2D eigenvalue weighted by Gasteiger charge is 2.18. The minimum absolute atomic E-state index is 0.727. The Hall–Kier alpha value is -0.820. The van der Waals surface area contributed by atoms with Crippen molar-refractivity contribution in [3.63, 3.8) is 0 Å². The van der Waals surface area contributed by atoms with Gasteiger partial charge in [0.25, 0.3) is 0 Å². The van der Waals surface area contributed by atoms with E-state index in [1.54, 1.807) is 0 Å². The molecule has 0 amide bonds. The summed E-state index contributed by atoms with van der Waals surface area (Å²) in [6, 6.07) is 6.12. The predicted molar refractivity (Wildman–Crippen MR) is 55.8 cm³/mol. The predicted octanol–water partition coefficient (Wildman–Crippen LogP) is 2.78. The lowest BCUT2D eigenvalue weighted by atomic mass is 9.90. The van der Waals surface area contributed by atoms with Crippen molar-refractivity contribution in [2.75, 3.05) is 0 Å². The first-order valence-electron chi connectivity index (χ1n) is 4.78. The molecule has 72 valence electrons. The average Bonchev–Trinajstić information content (AvgIpc) is 2.02. The Morgan fingerprint density at radius 3 is 2.38 bits per heavy atom. The third-order valence-corrected chi connectivity index (χ3v) is 2.49. The fourth-order valence-corrected chi connectivity index (χ4v) is 1.73. The van der Waals surface area contributed by atoms with Gasteiger partial charge in [0.15, 0.2) is 0 Å². The van der Waals surface area contributed by atoms with Crippen LogP contribution in [0.5, 0.6) is 0 Å². The highest BCUT2D eigenvalue weighted by atomic mass is 16.3. The van der Waals surface area contributed by atoms with Crippen molar-refractivity contribution < 1.29 is 5.11 Å². The van der Waals surface area contributed by atoms with Gasteiger partial charge in [0.1, 0.15) is 0 Å². The summed E-state index contributed by atoms with van der Waals surface area (Å²) >= 11 is 0. The van der Waals surface area contributed by atoms with Gasteiger partial charge in [-0.05, 0) is 43.9 Å². The van der Waals surface area contributed by atoms with Crippen LogP contribution in [0.3, 0.4) is 0 Å². The SMILES string of the molecule is CCc1cccc(C(C)(C)O)c1C. The molecular formula is C12H18O. The van der Waals surface area contributed by atoms with Crippen LogP contribution in [0.1, 0.15) is 37.5 Å². The lowest BCUT2D eigenvalue weighted by Crippen LogP contribution is -2.17. The lowest BCUT2D eigenvalue weighted by molar-refractivity contribution is 0.0778. The van der Waals surface area contributed by atoms with Gasteiger partial charge in [-0.25, -0.2) is 0 Å². The number of benzene rings is 1. The second-order valence-corrected chi connectivity index (χ2v) is 4.00. The zero-order valence-electron chi connectivity index (χ0n) is 8.89. The number of hydrogen-bond donors (Lipinski definition) is 1. The smallest absolute Gasteiger partial charge is 0.0843 e. The third kappa shape index (κ3) is 2.10. The van der Waals surface area contributed by atoms with Crippen LogP contribution in [-0.4, -0.2) is 5.11 Å². The van der Waals surface area contributed by atoms with E-state index in [-0.39, 0.29) is 0 Å². The van der Waals surface area contributed by atoms with E-state index in [9.17, 15) is 5.11 Å². The number of hydrogen-bond acceptors (Lipinski definition) is 1. The summed E-state index contributed by atoms with van der Waals surface area (Å²) in [7, 11) is 0. The van der Waals surface area contributed by atoms with Crippen LogP contribution in [0.15, 0.2) is 18.2 Å². The molecule has 0 fully saturated rings. The highest BCUT2D eigenvalue weighted by Crippen LogP contribution is 2.25. The molecular weight excluding hydrogens is 160 g/mol. The van der Waals surface area contributed by atoms with Crippen LogP contribution in [-0.2, 0) is 12.0 Å². The van der Waals surface area contributed by atoms with Crippen molar-refractivity contribution in [2.45, 2.75) is 39.7 Å². The van der Waals surface area contributed by atoms with Gasteiger partial charge >= 0.3 is 0 Å². The molecule has 0 aromatic heterocycles. The van der Waals surface area contributed by atoms with Crippen molar-refractivity contribution >= 4 is 0 Å². The normalized spacial score (nSPS) is 11.8. The van der Waals surface area contributed by atoms with E-state index in [1.165, 1.54) is 11.1 Å². The molecule has 1 heteroatoms. The first-order chi connectivity index (χ1) is 5.96. The second-order valence-electron chi connectivity index (χ2n) is 4.00. The summed E-state index contributed by atoms with van der Waals surface area (Å²) in [6.45, 7) is 7.87. The molecule has 0 saturated heterocycles. The van der Waals surface area contributed by atoms with E-state index >= 15 is 0 Å². The lowest BCUT2D eigenvalue weighted by Gasteiger charge is -2.21. The van der Waals surface area contributed by atoms with Gasteiger partial charge in [-0.3, -0.25) is 0 Å². The van der Waals surface area contributed by atoms with E-state index in [0.717, 1.165) is 12.0 Å². The molecule has 0 heterocycles. The monoisotopic (exact) mass is 178 g/mol. The molecule has 1 aromatic rings. The van der Waals surface area contributed by atoms with Gasteiger partial charge in [-0.15, -0.1) is 0 Å². The van der Waals surface area contributed by atoms with Crippen LogP contribution in [0, 0.1) is 6.92 Å². The minimum Gasteiger partial charge on any atom is -0.386 e. The first-order valence-corrected chi connectivity index (χ1v) is 4.78. The Kier molecular flexibility index (Phi) is 2.77. The van der Waals surface area contributed by atoms with E-state index in [1.807, 2.05) is 26.0 Å². The van der Waals surface area contributed by atoms with Crippen LogP contribution < -0.4 is 0 Å². The average molecular weight is 178 g/mol. The molecule has 0 spiro atoms. The Balaban J connectivity index is 3.24. The van der Waals surface area contributed by atoms with E-state index in [4.69, 9.17) is 0 Å². The minimum atomic E-state index is -0.727. The van der Waals surface area contributed by atoms with E-state index < -0.39 is 5.60 Å². The molecule has 0 aliphatic rings. The van der Waals surface area contributed by atoms with Gasteiger partial charge < -0.3 is 5.11 Å². The Bertz CT molecular complexity index is 294. The number of aryl methyl sites for hydroxylation is 1. The van der Waals surface area contributed by atoms with Gasteiger partial charge in [-0.2, -0.15) is 0 Å². The molecule has 0 bridgehead atoms. The molecule has 0 unspecified atom stereocenters. The van der Waals surface area contributed by atoms with Crippen LogP contribution in [0.25, 0.3) is 0 Å². The van der Waals surface area contributed by atoms with Crippen molar-refractivity contribution in [3.8, 4) is 0 Å². The topological polar surface area (TPSA) is 20.2 Å². The summed E-state index contributed by atoms with van der Waals surface area (Å²) in [6.07, 6.45) is 1.02. The van der Waals surface area contributed by atoms with E-state index in [2.05, 4.69) is 19.9 Å². The summed E-state index contributed by atoms with van der Waals surface area (Å²) < 4.78 is 0. The molecule has 0 atom stereocenters. The molecule has 1 rings (SSSR count). The first kappa shape index (κ1) is 10.3. The molecule has 1 aromatic carbocycles. The van der Waals surface area contributed by atoms with Gasteiger partial charge in [-0.1, -0.05) is 25.1 Å². The van der Waals surface area contributed by atoms with Crippen molar-refractivity contribution in [3.05, 3.63) is 34.9 Å². The maximum absolute atomic E-state index is 9.89. The maximum atomic E-state index is 9.89. The molecule has 1 N–H and O–H groups in total. The van der Waals surface area contributed by atoms with E-state index in [0.29, 0.717) is 0 Å². The molecule has 0 saturated carbocycles. The number of rotatable bonds is 2. The molecule has 0 aliphatic heterocycles. The van der Waals surface area contributed by atoms with Gasteiger partial charge in [0.05, 0.1) is 5.60 Å². The number of aliphatic hydroxyl groups is 1. The molecule has 13 heavy (non-hydrogen) atoms. The second kappa shape index (κ2) is 3.51. The fourth-order valence-electron chi connectivity index (χ4n) is 1.73.